The van der Waals surface area contributed by atoms with Crippen molar-refractivity contribution in [1.82, 2.24) is 4.98 Å². The maximum absolute atomic E-state index is 11.8. The van der Waals surface area contributed by atoms with Gasteiger partial charge in [0.1, 0.15) is 5.01 Å². The molecule has 2 aromatic rings. The van der Waals surface area contributed by atoms with E-state index in [1.54, 1.807) is 0 Å². The van der Waals surface area contributed by atoms with Crippen molar-refractivity contribution in [2.45, 2.75) is 39.0 Å². The van der Waals surface area contributed by atoms with Crippen LogP contribution in [0, 0.1) is 0 Å². The highest BCUT2D eigenvalue weighted by Gasteiger charge is 2.07. The first-order chi connectivity index (χ1) is 11.1. The molecule has 1 aromatic carbocycles. The zero-order valence-corrected chi connectivity index (χ0v) is 14.0. The number of carbonyl (C=O) groups is 2. The van der Waals surface area contributed by atoms with Crippen LogP contribution in [-0.4, -0.2) is 16.8 Å². The summed E-state index contributed by atoms with van der Waals surface area (Å²) in [4.78, 5) is 27.1. The normalized spacial score (nSPS) is 10.5. The summed E-state index contributed by atoms with van der Waals surface area (Å²) in [6.45, 7) is 2.12. The number of primary amides is 1. The first kappa shape index (κ1) is 17.1. The molecule has 122 valence electrons. The average Bonchev–Trinajstić information content (AvgIpc) is 2.96. The highest BCUT2D eigenvalue weighted by atomic mass is 32.1. The van der Waals surface area contributed by atoms with E-state index in [1.165, 1.54) is 11.3 Å². The van der Waals surface area contributed by atoms with E-state index in [-0.39, 0.29) is 18.2 Å². The molecule has 1 heterocycles. The van der Waals surface area contributed by atoms with Gasteiger partial charge in [-0.3, -0.25) is 9.59 Å². The Morgan fingerprint density at radius 3 is 2.61 bits per heavy atom. The van der Waals surface area contributed by atoms with Crippen molar-refractivity contribution in [2.24, 2.45) is 5.73 Å². The topological polar surface area (TPSA) is 85.1 Å². The van der Waals surface area contributed by atoms with Gasteiger partial charge in [0.15, 0.2) is 0 Å². The summed E-state index contributed by atoms with van der Waals surface area (Å²) in [7, 11) is 0. The third-order valence-electron chi connectivity index (χ3n) is 3.35. The van der Waals surface area contributed by atoms with E-state index in [4.69, 9.17) is 5.73 Å². The van der Waals surface area contributed by atoms with Crippen molar-refractivity contribution >= 4 is 28.8 Å². The minimum atomic E-state index is -0.382. The number of thiazole rings is 1. The second-order valence-electron chi connectivity index (χ2n) is 5.35. The number of nitrogens with zero attached hydrogens (tertiary/aromatic N) is 1. The van der Waals surface area contributed by atoms with Crippen molar-refractivity contribution in [1.29, 1.82) is 0 Å². The first-order valence-electron chi connectivity index (χ1n) is 7.71. The van der Waals surface area contributed by atoms with Crippen LogP contribution in [-0.2, 0) is 16.0 Å². The minimum absolute atomic E-state index is 0.0450. The summed E-state index contributed by atoms with van der Waals surface area (Å²) in [6.07, 6.45) is 3.81. The number of nitrogens with two attached hydrogens (primary N) is 1. The fraction of sp³-hybridized carbons (Fsp3) is 0.353. The van der Waals surface area contributed by atoms with Gasteiger partial charge in [-0.2, -0.15) is 0 Å². The van der Waals surface area contributed by atoms with Gasteiger partial charge in [-0.1, -0.05) is 31.9 Å². The molecule has 2 amide bonds. The zero-order valence-electron chi connectivity index (χ0n) is 13.2. The number of unbranched alkanes of at least 4 members (excludes halogenated alkanes) is 2. The lowest BCUT2D eigenvalue weighted by Crippen LogP contribution is -2.13. The van der Waals surface area contributed by atoms with Crippen molar-refractivity contribution in [3.8, 4) is 11.3 Å². The molecule has 2 rings (SSSR count). The number of carbonyl (C=O) groups excluding carboxylic acids is 2. The Kier molecular flexibility index (Phi) is 6.29. The van der Waals surface area contributed by atoms with Gasteiger partial charge in [0.25, 0.3) is 0 Å². The summed E-state index contributed by atoms with van der Waals surface area (Å²) in [5.41, 5.74) is 7.71. The van der Waals surface area contributed by atoms with Gasteiger partial charge in [-0.05, 0) is 18.6 Å². The van der Waals surface area contributed by atoms with Crippen molar-refractivity contribution < 1.29 is 9.59 Å². The van der Waals surface area contributed by atoms with E-state index < -0.39 is 0 Å². The zero-order chi connectivity index (χ0) is 16.7. The molecule has 0 spiro atoms. The Hall–Kier alpha value is -2.21. The summed E-state index contributed by atoms with van der Waals surface area (Å²) in [5, 5.41) is 5.50. The molecule has 0 bridgehead atoms. The van der Waals surface area contributed by atoms with E-state index in [1.807, 2.05) is 29.6 Å². The maximum atomic E-state index is 11.8. The van der Waals surface area contributed by atoms with Crippen LogP contribution in [0.5, 0.6) is 0 Å². The van der Waals surface area contributed by atoms with Gasteiger partial charge < -0.3 is 11.1 Å². The van der Waals surface area contributed by atoms with E-state index in [0.29, 0.717) is 11.4 Å². The minimum Gasteiger partial charge on any atom is -0.369 e. The Labute approximate surface area is 139 Å². The molecular weight excluding hydrogens is 310 g/mol. The van der Waals surface area contributed by atoms with Crippen LogP contribution < -0.4 is 11.1 Å². The number of benzene rings is 1. The molecule has 5 nitrogen and oxygen atoms in total. The number of aromatic nitrogens is 1. The van der Waals surface area contributed by atoms with Gasteiger partial charge >= 0.3 is 0 Å². The summed E-state index contributed by atoms with van der Waals surface area (Å²) in [6, 6.07) is 7.54. The third-order valence-corrected chi connectivity index (χ3v) is 4.20. The van der Waals surface area contributed by atoms with Gasteiger partial charge in [0, 0.05) is 23.1 Å². The smallest absolute Gasteiger partial charge is 0.224 e. The summed E-state index contributed by atoms with van der Waals surface area (Å²) in [5.74, 6) is -0.337. The molecule has 0 atom stereocenters. The number of hydrogen-bond acceptors (Lipinski definition) is 4. The maximum Gasteiger partial charge on any atom is 0.224 e. The quantitative estimate of drug-likeness (QED) is 0.727. The van der Waals surface area contributed by atoms with E-state index >= 15 is 0 Å². The van der Waals surface area contributed by atoms with Crippen LogP contribution in [0.1, 0.15) is 37.6 Å². The van der Waals surface area contributed by atoms with Crippen LogP contribution in [0.25, 0.3) is 11.3 Å². The second-order valence-corrected chi connectivity index (χ2v) is 6.29. The molecule has 0 aliphatic heterocycles. The molecule has 0 radical (unpaired) electrons. The molecule has 0 aliphatic rings. The van der Waals surface area contributed by atoms with E-state index in [0.717, 1.165) is 36.2 Å². The highest BCUT2D eigenvalue weighted by Crippen LogP contribution is 2.23. The Balaban J connectivity index is 1.95. The molecule has 0 aliphatic carbocycles. The number of amides is 2. The second kappa shape index (κ2) is 8.43. The predicted octanol–water partition coefficient (Wildman–Crippen LogP) is 3.36. The standard InChI is InChI=1S/C17H21N3O2S/c1-2-3-4-5-16(22)19-13-8-6-12(7-9-13)14-11-23-17(20-14)10-15(18)21/h6-9,11H,2-5,10H2,1H3,(H2,18,21)(H,19,22). The van der Waals surface area contributed by atoms with Gasteiger partial charge in [-0.15, -0.1) is 11.3 Å². The summed E-state index contributed by atoms with van der Waals surface area (Å²) < 4.78 is 0. The average molecular weight is 331 g/mol. The SMILES string of the molecule is CCCCCC(=O)Nc1ccc(-c2csc(CC(N)=O)n2)cc1. The number of hydrogen-bond donors (Lipinski definition) is 2. The summed E-state index contributed by atoms with van der Waals surface area (Å²) >= 11 is 1.42. The molecular formula is C17H21N3O2S. The van der Waals surface area contributed by atoms with Crippen LogP contribution in [0.4, 0.5) is 5.69 Å². The van der Waals surface area contributed by atoms with Gasteiger partial charge in [0.2, 0.25) is 11.8 Å². The molecule has 6 heteroatoms. The lowest BCUT2D eigenvalue weighted by atomic mass is 10.1. The highest BCUT2D eigenvalue weighted by molar-refractivity contribution is 7.10. The third kappa shape index (κ3) is 5.49. The van der Waals surface area contributed by atoms with Crippen molar-refractivity contribution in [2.75, 3.05) is 5.32 Å². The largest absolute Gasteiger partial charge is 0.369 e. The number of nitrogens with one attached hydrogen (secondary N) is 1. The number of anilines is 1. The Bertz CT molecular complexity index is 665. The Morgan fingerprint density at radius 2 is 1.96 bits per heavy atom. The van der Waals surface area contributed by atoms with Crippen molar-refractivity contribution in [3.63, 3.8) is 0 Å². The van der Waals surface area contributed by atoms with Gasteiger partial charge in [-0.25, -0.2) is 4.98 Å². The van der Waals surface area contributed by atoms with Crippen LogP contribution in [0.15, 0.2) is 29.6 Å². The lowest BCUT2D eigenvalue weighted by Gasteiger charge is -2.05. The van der Waals surface area contributed by atoms with Crippen LogP contribution >= 0.6 is 11.3 Å². The molecule has 0 fully saturated rings. The first-order valence-corrected chi connectivity index (χ1v) is 8.59. The molecule has 3 N–H and O–H groups in total. The van der Waals surface area contributed by atoms with E-state index in [2.05, 4.69) is 17.2 Å². The van der Waals surface area contributed by atoms with Crippen molar-refractivity contribution in [3.05, 3.63) is 34.7 Å². The van der Waals surface area contributed by atoms with Crippen LogP contribution in [0.2, 0.25) is 0 Å². The Morgan fingerprint density at radius 1 is 1.22 bits per heavy atom. The fourth-order valence-electron chi connectivity index (χ4n) is 2.16. The van der Waals surface area contributed by atoms with Crippen LogP contribution in [0.3, 0.4) is 0 Å². The molecule has 0 unspecified atom stereocenters. The van der Waals surface area contributed by atoms with E-state index in [9.17, 15) is 9.59 Å². The molecule has 1 aromatic heterocycles. The monoisotopic (exact) mass is 331 g/mol. The predicted molar refractivity (Wildman–Crippen MR) is 93.2 cm³/mol. The number of rotatable bonds is 8. The molecule has 23 heavy (non-hydrogen) atoms. The lowest BCUT2D eigenvalue weighted by molar-refractivity contribution is -0.117. The fourth-order valence-corrected chi connectivity index (χ4v) is 2.97. The molecule has 0 saturated heterocycles. The molecule has 0 saturated carbocycles. The van der Waals surface area contributed by atoms with Gasteiger partial charge in [0.05, 0.1) is 12.1 Å².